The predicted molar refractivity (Wildman–Crippen MR) is 133 cm³/mol. The second kappa shape index (κ2) is 11.7. The Morgan fingerprint density at radius 1 is 0.722 bits per heavy atom. The van der Waals surface area contributed by atoms with E-state index in [0.717, 1.165) is 11.1 Å². The van der Waals surface area contributed by atoms with Crippen molar-refractivity contribution in [1.29, 1.82) is 0 Å². The van der Waals surface area contributed by atoms with Gasteiger partial charge in [-0.1, -0.05) is 29.3 Å². The average Bonchev–Trinajstić information content (AvgIpc) is 2.84. The summed E-state index contributed by atoms with van der Waals surface area (Å²) in [5.74, 6) is -4.76. The van der Waals surface area contributed by atoms with Crippen LogP contribution in [-0.2, 0) is 19.1 Å². The zero-order valence-electron chi connectivity index (χ0n) is 19.2. The van der Waals surface area contributed by atoms with E-state index in [1.54, 1.807) is 18.2 Å². The van der Waals surface area contributed by atoms with E-state index in [2.05, 4.69) is 5.32 Å². The van der Waals surface area contributed by atoms with E-state index in [9.17, 15) is 24.3 Å². The first kappa shape index (κ1) is 26.7. The van der Waals surface area contributed by atoms with Gasteiger partial charge in [-0.15, -0.1) is 0 Å². The zero-order chi connectivity index (χ0) is 26.4. The maximum absolute atomic E-state index is 13.2. The van der Waals surface area contributed by atoms with Crippen molar-refractivity contribution in [3.63, 3.8) is 0 Å². The summed E-state index contributed by atoms with van der Waals surface area (Å²) in [5, 5.41) is 13.0. The Hall–Kier alpha value is -3.88. The second-order valence-corrected chi connectivity index (χ2v) is 8.67. The third-order valence-corrected chi connectivity index (χ3v) is 5.68. The lowest BCUT2D eigenvalue weighted by atomic mass is 10.1. The number of carboxylic acid groups (broad SMARTS) is 1. The van der Waals surface area contributed by atoms with Crippen LogP contribution in [0, 0.1) is 13.8 Å². The van der Waals surface area contributed by atoms with Crippen LogP contribution in [0.15, 0.2) is 66.7 Å². The summed E-state index contributed by atoms with van der Waals surface area (Å²) in [5.41, 5.74) is 2.17. The molecule has 0 saturated carbocycles. The quantitative estimate of drug-likeness (QED) is 0.390. The number of hydrogen-bond acceptors (Lipinski definition) is 6. The van der Waals surface area contributed by atoms with Crippen LogP contribution < -0.4 is 5.32 Å². The van der Waals surface area contributed by atoms with Crippen LogP contribution >= 0.6 is 23.2 Å². The van der Waals surface area contributed by atoms with Crippen molar-refractivity contribution in [2.75, 3.05) is 5.32 Å². The molecule has 0 spiro atoms. The van der Waals surface area contributed by atoms with E-state index in [0.29, 0.717) is 15.7 Å². The highest BCUT2D eigenvalue weighted by Gasteiger charge is 2.41. The molecule has 3 aromatic rings. The number of rotatable bonds is 8. The average molecular weight is 530 g/mol. The van der Waals surface area contributed by atoms with Gasteiger partial charge in [-0.25, -0.2) is 14.4 Å². The number of nitrogens with one attached hydrogen (secondary N) is 1. The monoisotopic (exact) mass is 529 g/mol. The molecular formula is C26H21Cl2NO7. The van der Waals surface area contributed by atoms with Gasteiger partial charge in [0.05, 0.1) is 11.1 Å². The van der Waals surface area contributed by atoms with E-state index in [-0.39, 0.29) is 11.1 Å². The number of carbonyl (C=O) groups is 4. The lowest BCUT2D eigenvalue weighted by molar-refractivity contribution is -0.157. The number of esters is 2. The third kappa shape index (κ3) is 6.84. The normalized spacial score (nSPS) is 12.2. The van der Waals surface area contributed by atoms with E-state index in [1.807, 2.05) is 13.8 Å². The Kier molecular flexibility index (Phi) is 8.68. The lowest BCUT2D eigenvalue weighted by Gasteiger charge is -2.23. The van der Waals surface area contributed by atoms with Crippen LogP contribution in [0.2, 0.25) is 10.0 Å². The first-order valence-electron chi connectivity index (χ1n) is 10.6. The van der Waals surface area contributed by atoms with Crippen molar-refractivity contribution in [3.05, 3.63) is 99.0 Å². The maximum atomic E-state index is 13.2. The van der Waals surface area contributed by atoms with Crippen LogP contribution in [-0.4, -0.2) is 41.1 Å². The van der Waals surface area contributed by atoms with Crippen molar-refractivity contribution in [3.8, 4) is 0 Å². The summed E-state index contributed by atoms with van der Waals surface area (Å²) in [7, 11) is 0. The van der Waals surface area contributed by atoms with Crippen molar-refractivity contribution >= 4 is 52.7 Å². The van der Waals surface area contributed by atoms with Crippen molar-refractivity contribution in [1.82, 2.24) is 0 Å². The molecule has 10 heteroatoms. The minimum atomic E-state index is -2.16. The highest BCUT2D eigenvalue weighted by atomic mass is 35.5. The fourth-order valence-corrected chi connectivity index (χ4v) is 3.32. The molecule has 36 heavy (non-hydrogen) atoms. The highest BCUT2D eigenvalue weighted by molar-refractivity contribution is 6.31. The van der Waals surface area contributed by atoms with Crippen LogP contribution in [0.25, 0.3) is 0 Å². The molecule has 0 aliphatic carbocycles. The molecule has 0 heterocycles. The van der Waals surface area contributed by atoms with Crippen molar-refractivity contribution in [2.24, 2.45) is 0 Å². The molecule has 0 saturated heterocycles. The largest absolute Gasteiger partial charge is 0.478 e. The number of carbonyl (C=O) groups excluding carboxylic acids is 3. The maximum Gasteiger partial charge on any atom is 0.349 e. The molecule has 0 aliphatic heterocycles. The molecule has 3 aromatic carbocycles. The first-order chi connectivity index (χ1) is 17.0. The fourth-order valence-electron chi connectivity index (χ4n) is 3.07. The zero-order valence-corrected chi connectivity index (χ0v) is 20.7. The van der Waals surface area contributed by atoms with E-state index >= 15 is 0 Å². The van der Waals surface area contributed by atoms with E-state index in [4.69, 9.17) is 32.7 Å². The number of carboxylic acids is 1. The Balaban J connectivity index is 1.92. The molecule has 0 aliphatic rings. The summed E-state index contributed by atoms with van der Waals surface area (Å²) in [6, 6.07) is 16.1. The van der Waals surface area contributed by atoms with Crippen LogP contribution in [0.3, 0.4) is 0 Å². The van der Waals surface area contributed by atoms with Gasteiger partial charge in [-0.05, 0) is 85.6 Å². The van der Waals surface area contributed by atoms with Gasteiger partial charge < -0.3 is 19.9 Å². The third-order valence-electron chi connectivity index (χ3n) is 5.18. The van der Waals surface area contributed by atoms with Gasteiger partial charge in [-0.2, -0.15) is 0 Å². The number of ether oxygens (including phenoxy) is 2. The minimum Gasteiger partial charge on any atom is -0.478 e. The summed E-state index contributed by atoms with van der Waals surface area (Å²) in [6.45, 7) is 3.71. The molecule has 3 rings (SSSR count). The van der Waals surface area contributed by atoms with E-state index in [1.165, 1.54) is 48.5 Å². The lowest BCUT2D eigenvalue weighted by Crippen LogP contribution is -2.48. The first-order valence-corrected chi connectivity index (χ1v) is 11.3. The molecule has 0 radical (unpaired) electrons. The topological polar surface area (TPSA) is 119 Å². The van der Waals surface area contributed by atoms with Gasteiger partial charge in [0.25, 0.3) is 5.91 Å². The number of hydrogen-bond donors (Lipinski definition) is 2. The molecule has 2 atom stereocenters. The number of benzene rings is 3. The minimum absolute atomic E-state index is 0.0107. The molecular weight excluding hydrogens is 509 g/mol. The Morgan fingerprint density at radius 3 is 1.64 bits per heavy atom. The standard InChI is InChI=1S/C26H21Cl2NO7/c1-14-3-12-20(13-15(14)2)29-23(30)21(35-25(33)16-4-8-18(27)9-5-16)22(24(31)32)36-26(34)17-6-10-19(28)11-7-17/h3-13,21-22H,1-2H3,(H,29,30)(H,31,32)/t21-,22+/m0/s1. The number of aryl methyl sites for hydroxylation is 2. The molecule has 1 amide bonds. The Labute approximate surface area is 216 Å². The fraction of sp³-hybridized carbons (Fsp3) is 0.154. The molecule has 0 bridgehead atoms. The predicted octanol–water partition coefficient (Wildman–Crippen LogP) is 5.08. The molecule has 0 fully saturated rings. The molecule has 186 valence electrons. The summed E-state index contributed by atoms with van der Waals surface area (Å²) in [6.07, 6.45) is -4.18. The number of aliphatic carboxylic acids is 1. The smallest absolute Gasteiger partial charge is 0.349 e. The van der Waals surface area contributed by atoms with Gasteiger partial charge in [-0.3, -0.25) is 4.79 Å². The summed E-state index contributed by atoms with van der Waals surface area (Å²) >= 11 is 11.7. The SMILES string of the molecule is Cc1ccc(NC(=O)[C@@H](OC(=O)c2ccc(Cl)cc2)[C@@H](OC(=O)c2ccc(Cl)cc2)C(=O)O)cc1C. The van der Waals surface area contributed by atoms with Gasteiger partial charge >= 0.3 is 17.9 Å². The van der Waals surface area contributed by atoms with E-state index < -0.39 is 36.0 Å². The number of anilines is 1. The van der Waals surface area contributed by atoms with Crippen LogP contribution in [0.4, 0.5) is 5.69 Å². The van der Waals surface area contributed by atoms with Crippen molar-refractivity contribution < 1.29 is 33.8 Å². The van der Waals surface area contributed by atoms with Gasteiger partial charge in [0, 0.05) is 15.7 Å². The summed E-state index contributed by atoms with van der Waals surface area (Å²) < 4.78 is 10.4. The van der Waals surface area contributed by atoms with Crippen LogP contribution in [0.1, 0.15) is 31.8 Å². The molecule has 0 unspecified atom stereocenters. The second-order valence-electron chi connectivity index (χ2n) is 7.79. The highest BCUT2D eigenvalue weighted by Crippen LogP contribution is 2.19. The van der Waals surface area contributed by atoms with Gasteiger partial charge in [0.2, 0.25) is 12.2 Å². The number of halogens is 2. The Bertz CT molecular complexity index is 1290. The van der Waals surface area contributed by atoms with Crippen LogP contribution in [0.5, 0.6) is 0 Å². The summed E-state index contributed by atoms with van der Waals surface area (Å²) in [4.78, 5) is 50.6. The molecule has 2 N–H and O–H groups in total. The molecule has 0 aromatic heterocycles. The number of amides is 1. The Morgan fingerprint density at radius 2 is 1.19 bits per heavy atom. The van der Waals surface area contributed by atoms with Crippen molar-refractivity contribution in [2.45, 2.75) is 26.1 Å². The van der Waals surface area contributed by atoms with Gasteiger partial charge in [0.1, 0.15) is 0 Å². The molecule has 8 nitrogen and oxygen atoms in total. The van der Waals surface area contributed by atoms with Gasteiger partial charge in [0.15, 0.2) is 0 Å².